The molecule has 1 aromatic rings. The summed E-state index contributed by atoms with van der Waals surface area (Å²) in [5.41, 5.74) is 4.08. The molecular weight excluding hydrogens is 233 g/mol. The lowest BCUT2D eigenvalue weighted by molar-refractivity contribution is -0.220. The number of alkyl halides is 3. The minimum atomic E-state index is -4.11. The number of hydrogen-bond donors (Lipinski definition) is 1. The predicted octanol–water partition coefficient (Wildman–Crippen LogP) is 3.02. The Balaban J connectivity index is 1.95. The highest BCUT2D eigenvalue weighted by molar-refractivity contribution is 5.33. The summed E-state index contributed by atoms with van der Waals surface area (Å²) in [4.78, 5) is 0. The Kier molecular flexibility index (Phi) is 1.91. The summed E-state index contributed by atoms with van der Waals surface area (Å²) in [6, 6.07) is 1.57. The first kappa shape index (κ1) is 10.9. The van der Waals surface area contributed by atoms with Gasteiger partial charge in [0, 0.05) is 11.5 Å². The molecule has 0 amide bonds. The number of halogens is 3. The van der Waals surface area contributed by atoms with E-state index in [1.807, 2.05) is 0 Å². The average molecular weight is 246 g/mol. The van der Waals surface area contributed by atoms with Gasteiger partial charge in [0.2, 0.25) is 5.88 Å². The SMILES string of the molecule is Nc1cc(C23CCC(C(F)(F)F)(CC2)C3)no1. The molecule has 0 aromatic carbocycles. The standard InChI is InChI=1S/C11H13F3N2O/c12-11(13,14)10-3-1-9(6-10,2-4-10)7-5-8(15)17-16-7/h5H,1-4,6,15H2. The Labute approximate surface area is 96.1 Å². The average Bonchev–Trinajstić information content (AvgIpc) is 2.89. The summed E-state index contributed by atoms with van der Waals surface area (Å²) in [5.74, 6) is 0.172. The van der Waals surface area contributed by atoms with Gasteiger partial charge in [-0.3, -0.25) is 0 Å². The monoisotopic (exact) mass is 246 g/mol. The fourth-order valence-corrected chi connectivity index (χ4v) is 3.48. The molecule has 0 unspecified atom stereocenters. The van der Waals surface area contributed by atoms with E-state index in [0.717, 1.165) is 0 Å². The molecule has 2 aliphatic carbocycles. The molecule has 0 saturated heterocycles. The Morgan fingerprint density at radius 1 is 1.24 bits per heavy atom. The molecule has 2 fully saturated rings. The van der Waals surface area contributed by atoms with Crippen molar-refractivity contribution in [1.29, 1.82) is 0 Å². The zero-order valence-electron chi connectivity index (χ0n) is 9.18. The largest absolute Gasteiger partial charge is 0.394 e. The molecule has 1 heterocycles. The van der Waals surface area contributed by atoms with E-state index in [-0.39, 0.29) is 25.1 Å². The lowest BCUT2D eigenvalue weighted by Gasteiger charge is -2.29. The Bertz CT molecular complexity index is 444. The molecule has 0 spiro atoms. The second kappa shape index (κ2) is 2.97. The highest BCUT2D eigenvalue weighted by Gasteiger charge is 2.67. The van der Waals surface area contributed by atoms with E-state index in [2.05, 4.69) is 5.16 Å². The molecule has 1 aromatic heterocycles. The number of nitrogens with zero attached hydrogens (tertiary/aromatic N) is 1. The van der Waals surface area contributed by atoms with E-state index >= 15 is 0 Å². The van der Waals surface area contributed by atoms with Crippen molar-refractivity contribution in [3.05, 3.63) is 11.8 Å². The summed E-state index contributed by atoms with van der Waals surface area (Å²) < 4.78 is 44.0. The van der Waals surface area contributed by atoms with Gasteiger partial charge in [-0.05, 0) is 32.1 Å². The molecule has 94 valence electrons. The first-order valence-electron chi connectivity index (χ1n) is 5.66. The molecule has 6 heteroatoms. The minimum absolute atomic E-state index is 0.134. The maximum atomic E-state index is 13.1. The van der Waals surface area contributed by atoms with Crippen LogP contribution in [0.2, 0.25) is 0 Å². The third kappa shape index (κ3) is 1.32. The second-order valence-corrected chi connectivity index (χ2v) is 5.35. The van der Waals surface area contributed by atoms with Crippen molar-refractivity contribution in [2.24, 2.45) is 5.41 Å². The lowest BCUT2D eigenvalue weighted by Crippen LogP contribution is -2.33. The fourth-order valence-electron chi connectivity index (χ4n) is 3.48. The summed E-state index contributed by atoms with van der Waals surface area (Å²) >= 11 is 0. The van der Waals surface area contributed by atoms with E-state index < -0.39 is 17.0 Å². The van der Waals surface area contributed by atoms with Gasteiger partial charge in [-0.25, -0.2) is 0 Å². The maximum absolute atomic E-state index is 13.1. The summed E-state index contributed by atoms with van der Waals surface area (Å²) in [5, 5.41) is 3.81. The van der Waals surface area contributed by atoms with Crippen LogP contribution in [0.1, 0.15) is 37.8 Å². The molecule has 2 aliphatic rings. The Morgan fingerprint density at radius 3 is 2.29 bits per heavy atom. The Morgan fingerprint density at radius 2 is 1.88 bits per heavy atom. The van der Waals surface area contributed by atoms with Gasteiger partial charge in [-0.1, -0.05) is 5.16 Å². The lowest BCUT2D eigenvalue weighted by atomic mass is 9.80. The molecule has 0 aliphatic heterocycles. The molecule has 3 nitrogen and oxygen atoms in total. The third-order valence-corrected chi connectivity index (χ3v) is 4.51. The van der Waals surface area contributed by atoms with Crippen LogP contribution in [0.3, 0.4) is 0 Å². The quantitative estimate of drug-likeness (QED) is 0.828. The molecular formula is C11H13F3N2O. The number of aromatic nitrogens is 1. The van der Waals surface area contributed by atoms with Crippen LogP contribution in [0, 0.1) is 5.41 Å². The number of hydrogen-bond acceptors (Lipinski definition) is 3. The summed E-state index contributed by atoms with van der Waals surface area (Å²) in [7, 11) is 0. The minimum Gasteiger partial charge on any atom is -0.368 e. The molecule has 2 bridgehead atoms. The number of nitrogens with two attached hydrogens (primary N) is 1. The van der Waals surface area contributed by atoms with Crippen LogP contribution in [0.4, 0.5) is 19.1 Å². The van der Waals surface area contributed by atoms with Crippen LogP contribution >= 0.6 is 0 Å². The van der Waals surface area contributed by atoms with E-state index in [0.29, 0.717) is 18.5 Å². The van der Waals surface area contributed by atoms with Gasteiger partial charge in [-0.15, -0.1) is 0 Å². The maximum Gasteiger partial charge on any atom is 0.394 e. The van der Waals surface area contributed by atoms with Crippen molar-refractivity contribution in [2.75, 3.05) is 5.73 Å². The topological polar surface area (TPSA) is 52.0 Å². The van der Waals surface area contributed by atoms with Crippen molar-refractivity contribution in [2.45, 2.75) is 43.7 Å². The second-order valence-electron chi connectivity index (χ2n) is 5.35. The number of rotatable bonds is 1. The van der Waals surface area contributed by atoms with Crippen LogP contribution in [0.5, 0.6) is 0 Å². The van der Waals surface area contributed by atoms with Gasteiger partial charge in [0.1, 0.15) is 0 Å². The van der Waals surface area contributed by atoms with Gasteiger partial charge in [0.25, 0.3) is 0 Å². The predicted molar refractivity (Wildman–Crippen MR) is 54.2 cm³/mol. The molecule has 3 rings (SSSR count). The molecule has 0 radical (unpaired) electrons. The number of fused-ring (bicyclic) bond motifs is 2. The van der Waals surface area contributed by atoms with Gasteiger partial charge in [-0.2, -0.15) is 13.2 Å². The number of nitrogen functional groups attached to an aromatic ring is 1. The highest BCUT2D eigenvalue weighted by Crippen LogP contribution is 2.67. The van der Waals surface area contributed by atoms with Crippen LogP contribution in [0.15, 0.2) is 10.6 Å². The normalized spacial score (nSPS) is 36.6. The van der Waals surface area contributed by atoms with Crippen molar-refractivity contribution in [3.63, 3.8) is 0 Å². The van der Waals surface area contributed by atoms with Crippen molar-refractivity contribution in [1.82, 2.24) is 5.16 Å². The molecule has 17 heavy (non-hydrogen) atoms. The molecule has 2 saturated carbocycles. The van der Waals surface area contributed by atoms with Crippen molar-refractivity contribution in [3.8, 4) is 0 Å². The van der Waals surface area contributed by atoms with Gasteiger partial charge >= 0.3 is 6.18 Å². The van der Waals surface area contributed by atoms with Gasteiger partial charge < -0.3 is 10.3 Å². The first-order chi connectivity index (χ1) is 7.87. The fraction of sp³-hybridized carbons (Fsp3) is 0.727. The zero-order chi connectivity index (χ0) is 12.3. The smallest absolute Gasteiger partial charge is 0.368 e. The highest BCUT2D eigenvalue weighted by atomic mass is 19.4. The molecule has 0 atom stereocenters. The molecule has 2 N–H and O–H groups in total. The zero-order valence-corrected chi connectivity index (χ0v) is 9.18. The van der Waals surface area contributed by atoms with E-state index in [4.69, 9.17) is 10.3 Å². The van der Waals surface area contributed by atoms with Gasteiger partial charge in [0.05, 0.1) is 11.1 Å². The third-order valence-electron chi connectivity index (χ3n) is 4.51. The van der Waals surface area contributed by atoms with E-state index in [1.165, 1.54) is 0 Å². The van der Waals surface area contributed by atoms with Crippen molar-refractivity contribution >= 4 is 5.88 Å². The van der Waals surface area contributed by atoms with Crippen LogP contribution in [0.25, 0.3) is 0 Å². The summed E-state index contributed by atoms with van der Waals surface area (Å²) in [6.07, 6.45) is -2.53. The number of anilines is 1. The van der Waals surface area contributed by atoms with Crippen LogP contribution in [-0.2, 0) is 5.41 Å². The first-order valence-corrected chi connectivity index (χ1v) is 5.66. The van der Waals surface area contributed by atoms with E-state index in [1.54, 1.807) is 6.07 Å². The summed E-state index contributed by atoms with van der Waals surface area (Å²) in [6.45, 7) is 0. The van der Waals surface area contributed by atoms with E-state index in [9.17, 15) is 13.2 Å². The van der Waals surface area contributed by atoms with Crippen LogP contribution < -0.4 is 5.73 Å². The van der Waals surface area contributed by atoms with Crippen LogP contribution in [-0.4, -0.2) is 11.3 Å². The van der Waals surface area contributed by atoms with Gasteiger partial charge in [0.15, 0.2) is 0 Å². The Hall–Kier alpha value is -1.20. The van der Waals surface area contributed by atoms with Crippen molar-refractivity contribution < 1.29 is 17.7 Å².